The zero-order valence-corrected chi connectivity index (χ0v) is 14.1. The van der Waals surface area contributed by atoms with Gasteiger partial charge in [0.2, 0.25) is 5.91 Å². The number of hydrogen-bond donors (Lipinski definition) is 2. The van der Waals surface area contributed by atoms with Crippen LogP contribution < -0.4 is 15.4 Å². The highest BCUT2D eigenvalue weighted by Crippen LogP contribution is 2.26. The van der Waals surface area contributed by atoms with Crippen LogP contribution in [0, 0.1) is 0 Å². The van der Waals surface area contributed by atoms with Gasteiger partial charge in [-0.15, -0.1) is 0 Å². The first-order valence-corrected chi connectivity index (χ1v) is 8.00. The van der Waals surface area contributed by atoms with Gasteiger partial charge in [0.25, 0.3) is 0 Å². The molecule has 1 saturated heterocycles. The molecule has 1 atom stereocenters. The molecule has 6 heteroatoms. The summed E-state index contributed by atoms with van der Waals surface area (Å²) < 4.78 is 6.18. The number of carbonyl (C=O) groups excluding carboxylic acids is 1. The van der Waals surface area contributed by atoms with Crippen molar-refractivity contribution in [2.45, 2.75) is 19.5 Å². The van der Waals surface area contributed by atoms with Crippen LogP contribution in [-0.2, 0) is 11.3 Å². The zero-order chi connectivity index (χ0) is 15.2. The van der Waals surface area contributed by atoms with Crippen LogP contribution in [0.3, 0.4) is 0 Å². The van der Waals surface area contributed by atoms with E-state index < -0.39 is 0 Å². The van der Waals surface area contributed by atoms with E-state index in [1.165, 1.54) is 5.56 Å². The summed E-state index contributed by atoms with van der Waals surface area (Å²) in [6.45, 7) is 5.84. The van der Waals surface area contributed by atoms with E-state index in [4.69, 9.17) is 4.74 Å². The topological polar surface area (TPSA) is 53.6 Å². The van der Waals surface area contributed by atoms with Crippen molar-refractivity contribution >= 4 is 21.8 Å². The summed E-state index contributed by atoms with van der Waals surface area (Å²) in [5, 5.41) is 6.20. The molecule has 0 radical (unpaired) electrons. The Bertz CT molecular complexity index is 496. The van der Waals surface area contributed by atoms with E-state index in [9.17, 15) is 4.79 Å². The Morgan fingerprint density at radius 3 is 3.05 bits per heavy atom. The molecule has 1 amide bonds. The summed E-state index contributed by atoms with van der Waals surface area (Å²) in [5.41, 5.74) is 1.17. The number of hydrogen-bond acceptors (Lipinski definition) is 4. The lowest BCUT2D eigenvalue weighted by molar-refractivity contribution is -0.127. The molecule has 2 rings (SSSR count). The molecule has 5 nitrogen and oxygen atoms in total. The van der Waals surface area contributed by atoms with Crippen molar-refractivity contribution in [1.82, 2.24) is 15.5 Å². The number of halogens is 1. The molecule has 2 N–H and O–H groups in total. The highest BCUT2D eigenvalue weighted by molar-refractivity contribution is 9.10. The van der Waals surface area contributed by atoms with E-state index in [1.807, 2.05) is 19.1 Å². The quantitative estimate of drug-likeness (QED) is 0.837. The molecule has 116 valence electrons. The van der Waals surface area contributed by atoms with Gasteiger partial charge in [0, 0.05) is 32.7 Å². The number of methoxy groups -OCH3 is 1. The summed E-state index contributed by atoms with van der Waals surface area (Å²) in [7, 11) is 1.65. The molecule has 1 aromatic carbocycles. The Labute approximate surface area is 134 Å². The molecule has 0 aliphatic carbocycles. The van der Waals surface area contributed by atoms with Crippen molar-refractivity contribution in [1.29, 1.82) is 0 Å². The summed E-state index contributed by atoms with van der Waals surface area (Å²) >= 11 is 3.51. The first-order chi connectivity index (χ1) is 10.2. The minimum absolute atomic E-state index is 0.0947. The Morgan fingerprint density at radius 1 is 1.57 bits per heavy atom. The summed E-state index contributed by atoms with van der Waals surface area (Å²) in [5.74, 6) is 0.914. The van der Waals surface area contributed by atoms with E-state index in [0.717, 1.165) is 29.9 Å². The summed E-state index contributed by atoms with van der Waals surface area (Å²) in [6, 6.07) is 5.93. The monoisotopic (exact) mass is 355 g/mol. The van der Waals surface area contributed by atoms with Gasteiger partial charge in [0.05, 0.1) is 11.6 Å². The fraction of sp³-hybridized carbons (Fsp3) is 0.533. The molecule has 1 aliphatic heterocycles. The fourth-order valence-electron chi connectivity index (χ4n) is 2.53. The van der Waals surface area contributed by atoms with Crippen LogP contribution in [0.25, 0.3) is 0 Å². The Kier molecular flexibility index (Phi) is 6.02. The minimum Gasteiger partial charge on any atom is -0.496 e. The highest BCUT2D eigenvalue weighted by atomic mass is 79.9. The number of nitrogens with one attached hydrogen (secondary N) is 2. The van der Waals surface area contributed by atoms with Gasteiger partial charge >= 0.3 is 0 Å². The van der Waals surface area contributed by atoms with E-state index in [1.54, 1.807) is 7.11 Å². The number of carbonyl (C=O) groups is 1. The predicted octanol–water partition coefficient (Wildman–Crippen LogP) is 1.37. The average molecular weight is 356 g/mol. The lowest BCUT2D eigenvalue weighted by atomic mass is 10.1. The summed E-state index contributed by atoms with van der Waals surface area (Å²) in [4.78, 5) is 14.4. The third-order valence-corrected chi connectivity index (χ3v) is 4.23. The van der Waals surface area contributed by atoms with Gasteiger partial charge in [-0.3, -0.25) is 9.69 Å². The average Bonchev–Trinajstić information content (AvgIpc) is 2.48. The van der Waals surface area contributed by atoms with Crippen LogP contribution in [0.2, 0.25) is 0 Å². The third kappa shape index (κ3) is 4.18. The minimum atomic E-state index is -0.112. The van der Waals surface area contributed by atoms with E-state index >= 15 is 0 Å². The van der Waals surface area contributed by atoms with E-state index in [-0.39, 0.29) is 11.9 Å². The standard InChI is InChI=1S/C15H22BrN3O2/c1-3-18-15(20)13-9-17-6-7-19(13)10-11-4-5-14(21-2)12(16)8-11/h4-5,8,13,17H,3,6-7,9-10H2,1-2H3,(H,18,20). The lowest BCUT2D eigenvalue weighted by Crippen LogP contribution is -2.57. The largest absolute Gasteiger partial charge is 0.496 e. The van der Waals surface area contributed by atoms with Crippen LogP contribution >= 0.6 is 15.9 Å². The number of benzene rings is 1. The maximum atomic E-state index is 12.1. The van der Waals surface area contributed by atoms with Crippen LogP contribution in [0.5, 0.6) is 5.75 Å². The van der Waals surface area contributed by atoms with Gasteiger partial charge in [0.15, 0.2) is 0 Å². The molecular weight excluding hydrogens is 334 g/mol. The van der Waals surface area contributed by atoms with Gasteiger partial charge in [0.1, 0.15) is 11.8 Å². The fourth-order valence-corrected chi connectivity index (χ4v) is 3.12. The van der Waals surface area contributed by atoms with Crippen LogP contribution in [0.4, 0.5) is 0 Å². The van der Waals surface area contributed by atoms with E-state index in [0.29, 0.717) is 13.1 Å². The van der Waals surface area contributed by atoms with Crippen molar-refractivity contribution in [3.63, 3.8) is 0 Å². The normalized spacial score (nSPS) is 19.3. The zero-order valence-electron chi connectivity index (χ0n) is 12.5. The summed E-state index contributed by atoms with van der Waals surface area (Å²) in [6.07, 6.45) is 0. The molecule has 1 heterocycles. The van der Waals surface area contributed by atoms with Crippen molar-refractivity contribution in [3.05, 3.63) is 28.2 Å². The highest BCUT2D eigenvalue weighted by Gasteiger charge is 2.28. The van der Waals surface area contributed by atoms with Gasteiger partial charge in [-0.1, -0.05) is 6.07 Å². The SMILES string of the molecule is CCNC(=O)C1CNCCN1Cc1ccc(OC)c(Br)c1. The van der Waals surface area contributed by atoms with Gasteiger partial charge in [-0.2, -0.15) is 0 Å². The number of nitrogens with zero attached hydrogens (tertiary/aromatic N) is 1. The number of likely N-dealkylation sites (N-methyl/N-ethyl adjacent to an activating group) is 1. The molecule has 0 saturated carbocycles. The van der Waals surface area contributed by atoms with Crippen molar-refractivity contribution in [2.24, 2.45) is 0 Å². The molecule has 21 heavy (non-hydrogen) atoms. The van der Waals surface area contributed by atoms with Crippen molar-refractivity contribution in [3.8, 4) is 5.75 Å². The van der Waals surface area contributed by atoms with Gasteiger partial charge in [-0.05, 0) is 40.5 Å². The first-order valence-electron chi connectivity index (χ1n) is 7.20. The molecule has 0 aromatic heterocycles. The molecule has 0 bridgehead atoms. The molecule has 1 aromatic rings. The van der Waals surface area contributed by atoms with Gasteiger partial charge < -0.3 is 15.4 Å². The van der Waals surface area contributed by atoms with E-state index in [2.05, 4.69) is 37.5 Å². The first kappa shape index (κ1) is 16.3. The smallest absolute Gasteiger partial charge is 0.238 e. The van der Waals surface area contributed by atoms with Crippen LogP contribution in [0.15, 0.2) is 22.7 Å². The second kappa shape index (κ2) is 7.77. The Morgan fingerprint density at radius 2 is 2.38 bits per heavy atom. The predicted molar refractivity (Wildman–Crippen MR) is 86.4 cm³/mol. The van der Waals surface area contributed by atoms with Crippen LogP contribution in [-0.4, -0.2) is 50.1 Å². The Hall–Kier alpha value is -1.11. The van der Waals surface area contributed by atoms with Crippen molar-refractivity contribution < 1.29 is 9.53 Å². The molecule has 1 fully saturated rings. The van der Waals surface area contributed by atoms with Crippen LogP contribution in [0.1, 0.15) is 12.5 Å². The Balaban J connectivity index is 2.08. The number of amides is 1. The molecule has 0 spiro atoms. The number of ether oxygens (including phenoxy) is 1. The third-order valence-electron chi connectivity index (χ3n) is 3.61. The molecule has 1 unspecified atom stereocenters. The molecule has 1 aliphatic rings. The van der Waals surface area contributed by atoms with Gasteiger partial charge in [-0.25, -0.2) is 0 Å². The number of piperazine rings is 1. The lowest BCUT2D eigenvalue weighted by Gasteiger charge is -2.35. The molecular formula is C15H22BrN3O2. The second-order valence-corrected chi connectivity index (χ2v) is 5.91. The number of rotatable bonds is 5. The second-order valence-electron chi connectivity index (χ2n) is 5.05. The maximum Gasteiger partial charge on any atom is 0.238 e. The maximum absolute atomic E-state index is 12.1. The van der Waals surface area contributed by atoms with Crippen molar-refractivity contribution in [2.75, 3.05) is 33.3 Å².